The van der Waals surface area contributed by atoms with Gasteiger partial charge < -0.3 is 19.5 Å². The quantitative estimate of drug-likeness (QED) is 0.699. The number of ether oxygens (including phenoxy) is 3. The van der Waals surface area contributed by atoms with Gasteiger partial charge in [0, 0.05) is 14.2 Å². The topological polar surface area (TPSA) is 85.9 Å². The molecule has 0 atom stereocenters. The van der Waals surface area contributed by atoms with E-state index in [1.807, 2.05) is 0 Å². The van der Waals surface area contributed by atoms with Crippen molar-refractivity contribution in [2.75, 3.05) is 44.2 Å². The highest BCUT2D eigenvalue weighted by Gasteiger charge is 2.10. The second kappa shape index (κ2) is 7.32. The standard InChI is InChI=1S/C12H20N2O5S/c1-17-11-6-5-9(14-20(4,15)16)7-10(11)13-8-12(18-2)19-3/h5-7,12-14H,8H2,1-4H3. The van der Waals surface area contributed by atoms with Gasteiger partial charge in [0.15, 0.2) is 6.29 Å². The number of nitrogens with one attached hydrogen (secondary N) is 2. The zero-order chi connectivity index (χ0) is 15.2. The van der Waals surface area contributed by atoms with Crippen LogP contribution in [0, 0.1) is 0 Å². The van der Waals surface area contributed by atoms with Crippen molar-refractivity contribution in [3.8, 4) is 5.75 Å². The Kier molecular flexibility index (Phi) is 6.05. The van der Waals surface area contributed by atoms with E-state index in [0.29, 0.717) is 23.7 Å². The Balaban J connectivity index is 2.88. The van der Waals surface area contributed by atoms with E-state index in [4.69, 9.17) is 14.2 Å². The molecule has 114 valence electrons. The maximum absolute atomic E-state index is 11.2. The Morgan fingerprint density at radius 1 is 1.20 bits per heavy atom. The molecular formula is C12H20N2O5S. The third-order valence-electron chi connectivity index (χ3n) is 2.49. The molecule has 0 aliphatic carbocycles. The molecule has 20 heavy (non-hydrogen) atoms. The third kappa shape index (κ3) is 5.24. The third-order valence-corrected chi connectivity index (χ3v) is 3.09. The lowest BCUT2D eigenvalue weighted by molar-refractivity contribution is -0.0914. The van der Waals surface area contributed by atoms with Crippen LogP contribution in [0.25, 0.3) is 0 Å². The van der Waals surface area contributed by atoms with E-state index in [1.165, 1.54) is 21.3 Å². The Labute approximate surface area is 119 Å². The van der Waals surface area contributed by atoms with Gasteiger partial charge in [-0.1, -0.05) is 0 Å². The van der Waals surface area contributed by atoms with Gasteiger partial charge in [0.1, 0.15) is 5.75 Å². The molecule has 0 saturated carbocycles. The van der Waals surface area contributed by atoms with Crippen LogP contribution >= 0.6 is 0 Å². The normalized spacial score (nSPS) is 11.4. The van der Waals surface area contributed by atoms with E-state index in [9.17, 15) is 8.42 Å². The molecule has 2 N–H and O–H groups in total. The highest BCUT2D eigenvalue weighted by atomic mass is 32.2. The van der Waals surface area contributed by atoms with Gasteiger partial charge >= 0.3 is 0 Å². The minimum Gasteiger partial charge on any atom is -0.495 e. The van der Waals surface area contributed by atoms with Gasteiger partial charge in [-0.25, -0.2) is 8.42 Å². The number of anilines is 2. The minimum atomic E-state index is -3.32. The summed E-state index contributed by atoms with van der Waals surface area (Å²) < 4.78 is 40.2. The molecule has 0 amide bonds. The summed E-state index contributed by atoms with van der Waals surface area (Å²) in [6.07, 6.45) is 0.683. The predicted molar refractivity (Wildman–Crippen MR) is 77.8 cm³/mol. The summed E-state index contributed by atoms with van der Waals surface area (Å²) in [5.41, 5.74) is 1.09. The van der Waals surface area contributed by atoms with Gasteiger partial charge in [-0.15, -0.1) is 0 Å². The molecule has 0 bridgehead atoms. The van der Waals surface area contributed by atoms with Gasteiger partial charge in [-0.2, -0.15) is 0 Å². The lowest BCUT2D eigenvalue weighted by Gasteiger charge is -2.17. The largest absolute Gasteiger partial charge is 0.495 e. The van der Waals surface area contributed by atoms with E-state index in [2.05, 4.69) is 10.0 Å². The van der Waals surface area contributed by atoms with Gasteiger partial charge in [0.2, 0.25) is 10.0 Å². The number of hydrogen-bond acceptors (Lipinski definition) is 6. The van der Waals surface area contributed by atoms with E-state index < -0.39 is 16.3 Å². The van der Waals surface area contributed by atoms with Crippen molar-refractivity contribution in [3.63, 3.8) is 0 Å². The molecule has 0 aliphatic heterocycles. The fourth-order valence-corrected chi connectivity index (χ4v) is 2.13. The molecule has 0 radical (unpaired) electrons. The first kappa shape index (κ1) is 16.5. The second-order valence-electron chi connectivity index (χ2n) is 4.07. The zero-order valence-corrected chi connectivity index (χ0v) is 12.8. The Morgan fingerprint density at radius 2 is 1.85 bits per heavy atom. The van der Waals surface area contributed by atoms with E-state index >= 15 is 0 Å². The van der Waals surface area contributed by atoms with Crippen LogP contribution in [0.5, 0.6) is 5.75 Å². The molecule has 0 aromatic heterocycles. The molecular weight excluding hydrogens is 284 g/mol. The van der Waals surface area contributed by atoms with Gasteiger partial charge in [0.25, 0.3) is 0 Å². The smallest absolute Gasteiger partial charge is 0.229 e. The van der Waals surface area contributed by atoms with Gasteiger partial charge in [-0.05, 0) is 18.2 Å². The molecule has 0 heterocycles. The van der Waals surface area contributed by atoms with E-state index in [0.717, 1.165) is 6.26 Å². The molecule has 0 fully saturated rings. The molecule has 0 aliphatic rings. The molecule has 0 unspecified atom stereocenters. The van der Waals surface area contributed by atoms with E-state index in [1.54, 1.807) is 18.2 Å². The van der Waals surface area contributed by atoms with Crippen molar-refractivity contribution in [2.45, 2.75) is 6.29 Å². The van der Waals surface area contributed by atoms with Gasteiger partial charge in [0.05, 0.1) is 31.3 Å². The number of benzene rings is 1. The maximum atomic E-state index is 11.2. The molecule has 1 aromatic carbocycles. The van der Waals surface area contributed by atoms with Crippen LogP contribution in [0.15, 0.2) is 18.2 Å². The van der Waals surface area contributed by atoms with Crippen LogP contribution in [-0.4, -0.2) is 48.8 Å². The van der Waals surface area contributed by atoms with Crippen molar-refractivity contribution in [1.29, 1.82) is 0 Å². The van der Waals surface area contributed by atoms with Crippen LogP contribution < -0.4 is 14.8 Å². The average Bonchev–Trinajstić information content (AvgIpc) is 2.38. The molecule has 8 heteroatoms. The Hall–Kier alpha value is -1.51. The first-order chi connectivity index (χ1) is 9.39. The van der Waals surface area contributed by atoms with Crippen molar-refractivity contribution >= 4 is 21.4 Å². The van der Waals surface area contributed by atoms with Crippen LogP contribution in [0.4, 0.5) is 11.4 Å². The van der Waals surface area contributed by atoms with Crippen molar-refractivity contribution in [3.05, 3.63) is 18.2 Å². The van der Waals surface area contributed by atoms with Crippen molar-refractivity contribution < 1.29 is 22.6 Å². The Bertz CT molecular complexity index is 529. The average molecular weight is 304 g/mol. The number of methoxy groups -OCH3 is 3. The summed E-state index contributed by atoms with van der Waals surface area (Å²) in [5.74, 6) is 0.593. The van der Waals surface area contributed by atoms with Crippen molar-refractivity contribution in [1.82, 2.24) is 0 Å². The summed E-state index contributed by atoms with van der Waals surface area (Å²) >= 11 is 0. The summed E-state index contributed by atoms with van der Waals surface area (Å²) in [4.78, 5) is 0. The predicted octanol–water partition coefficient (Wildman–Crippen LogP) is 1.10. The van der Waals surface area contributed by atoms with Gasteiger partial charge in [-0.3, -0.25) is 4.72 Å². The molecule has 7 nitrogen and oxygen atoms in total. The fraction of sp³-hybridized carbons (Fsp3) is 0.500. The number of hydrogen-bond donors (Lipinski definition) is 2. The lowest BCUT2D eigenvalue weighted by atomic mass is 10.2. The lowest BCUT2D eigenvalue weighted by Crippen LogP contribution is -2.23. The SMILES string of the molecule is COc1ccc(NS(C)(=O)=O)cc1NCC(OC)OC. The van der Waals surface area contributed by atoms with Crippen LogP contribution in [-0.2, 0) is 19.5 Å². The molecule has 0 spiro atoms. The number of rotatable bonds is 8. The van der Waals surface area contributed by atoms with Crippen LogP contribution in [0.1, 0.15) is 0 Å². The molecule has 0 saturated heterocycles. The minimum absolute atomic E-state index is 0.395. The second-order valence-corrected chi connectivity index (χ2v) is 5.82. The van der Waals surface area contributed by atoms with Crippen molar-refractivity contribution in [2.24, 2.45) is 0 Å². The van der Waals surface area contributed by atoms with Crippen LogP contribution in [0.3, 0.4) is 0 Å². The van der Waals surface area contributed by atoms with Crippen LogP contribution in [0.2, 0.25) is 0 Å². The summed E-state index contributed by atoms with van der Waals surface area (Å²) in [7, 11) is 1.29. The summed E-state index contributed by atoms with van der Waals surface area (Å²) in [6, 6.07) is 4.93. The highest BCUT2D eigenvalue weighted by molar-refractivity contribution is 7.92. The molecule has 1 aromatic rings. The number of sulfonamides is 1. The Morgan fingerprint density at radius 3 is 2.35 bits per heavy atom. The fourth-order valence-electron chi connectivity index (χ4n) is 1.58. The summed E-state index contributed by atoms with van der Waals surface area (Å²) in [5, 5.41) is 3.08. The first-order valence-corrected chi connectivity index (χ1v) is 7.74. The van der Waals surface area contributed by atoms with E-state index in [-0.39, 0.29) is 0 Å². The zero-order valence-electron chi connectivity index (χ0n) is 12.0. The first-order valence-electron chi connectivity index (χ1n) is 5.85. The maximum Gasteiger partial charge on any atom is 0.229 e. The molecule has 1 rings (SSSR count). The summed E-state index contributed by atoms with van der Waals surface area (Å²) in [6.45, 7) is 0.395. The monoisotopic (exact) mass is 304 g/mol. The highest BCUT2D eigenvalue weighted by Crippen LogP contribution is 2.28.